The number of hydrogen-bond donors (Lipinski definition) is 3. The molecule has 7 nitrogen and oxygen atoms in total. The van der Waals surface area contributed by atoms with Crippen LogP contribution in [0.5, 0.6) is 5.75 Å². The second kappa shape index (κ2) is 8.02. The summed E-state index contributed by atoms with van der Waals surface area (Å²) in [5.41, 5.74) is 4.81. The van der Waals surface area contributed by atoms with E-state index in [1.54, 1.807) is 4.57 Å². The van der Waals surface area contributed by atoms with Crippen LogP contribution in [0.1, 0.15) is 35.5 Å². The lowest BCUT2D eigenvalue weighted by molar-refractivity contribution is -0.520. The first-order chi connectivity index (χ1) is 14.5. The Bertz CT molecular complexity index is 1170. The molecule has 154 valence electrons. The molecule has 0 saturated heterocycles. The van der Waals surface area contributed by atoms with Crippen LogP contribution in [-0.4, -0.2) is 22.1 Å². The van der Waals surface area contributed by atoms with E-state index >= 15 is 0 Å². The predicted molar refractivity (Wildman–Crippen MR) is 118 cm³/mol. The number of ether oxygens (including phenoxy) is 1. The second-order valence-electron chi connectivity index (χ2n) is 7.35. The van der Waals surface area contributed by atoms with Crippen molar-refractivity contribution in [3.05, 3.63) is 81.3 Å². The number of fused-ring (bicyclic) bond motifs is 1. The molecule has 3 aromatic rings. The molecule has 2 aromatic carbocycles. The first kappa shape index (κ1) is 19.7. The van der Waals surface area contributed by atoms with Gasteiger partial charge in [-0.15, -0.1) is 0 Å². The number of anilines is 2. The minimum atomic E-state index is -0.412. The summed E-state index contributed by atoms with van der Waals surface area (Å²) in [7, 11) is 0. The third-order valence-electron chi connectivity index (χ3n) is 5.23. The van der Waals surface area contributed by atoms with Crippen molar-refractivity contribution in [2.75, 3.05) is 17.2 Å². The Morgan fingerprint density at radius 2 is 1.93 bits per heavy atom. The zero-order chi connectivity index (χ0) is 21.3. The Morgan fingerprint density at radius 3 is 2.67 bits per heavy atom. The van der Waals surface area contributed by atoms with Gasteiger partial charge < -0.3 is 4.74 Å². The standard InChI is InChI=1S/C23H25N5O2/c1-5-30-18-11-9-17(10-12-18)21-26-22(25-19-8-6-7-14(2)16(19)4)27-23-24-15(3)13-20(29)28(21)23/h6-13,21H,5H2,1-4H3,(H2,24,25,26,27)/p+1/t21-/m0/s1. The molecule has 0 unspecified atom stereocenters. The third kappa shape index (κ3) is 3.78. The number of nitrogens with one attached hydrogen (secondary N) is 3. The van der Waals surface area contributed by atoms with Gasteiger partial charge in [-0.2, -0.15) is 0 Å². The lowest BCUT2D eigenvalue weighted by Gasteiger charge is -2.23. The molecule has 4 rings (SSSR count). The van der Waals surface area contributed by atoms with E-state index in [2.05, 4.69) is 40.5 Å². The summed E-state index contributed by atoms with van der Waals surface area (Å²) in [6.45, 7) is 8.53. The van der Waals surface area contributed by atoms with E-state index in [1.165, 1.54) is 11.6 Å². The van der Waals surface area contributed by atoms with Crippen LogP contribution in [0.15, 0.2) is 53.3 Å². The maximum Gasteiger partial charge on any atom is 0.357 e. The Morgan fingerprint density at radius 1 is 1.17 bits per heavy atom. The summed E-state index contributed by atoms with van der Waals surface area (Å²) in [6, 6.07) is 15.4. The molecule has 0 amide bonds. The first-order valence-electron chi connectivity index (χ1n) is 10.0. The number of guanidine groups is 1. The quantitative estimate of drug-likeness (QED) is 0.620. The Hall–Kier alpha value is -3.61. The molecule has 1 atom stereocenters. The highest BCUT2D eigenvalue weighted by atomic mass is 16.5. The number of aryl methyl sites for hydroxylation is 2. The highest BCUT2D eigenvalue weighted by molar-refractivity contribution is 5.99. The first-order valence-corrected chi connectivity index (χ1v) is 10.0. The fraction of sp³-hybridized carbons (Fsp3) is 0.261. The molecule has 0 fully saturated rings. The average Bonchev–Trinajstić information content (AvgIpc) is 2.71. The fourth-order valence-corrected chi connectivity index (χ4v) is 3.53. The van der Waals surface area contributed by atoms with Crippen molar-refractivity contribution in [2.45, 2.75) is 33.9 Å². The van der Waals surface area contributed by atoms with Gasteiger partial charge in [-0.05, 0) is 69.2 Å². The van der Waals surface area contributed by atoms with Gasteiger partial charge >= 0.3 is 5.96 Å². The van der Waals surface area contributed by atoms with Gasteiger partial charge in [-0.1, -0.05) is 12.1 Å². The molecular weight excluding hydrogens is 378 g/mol. The second-order valence-corrected chi connectivity index (χ2v) is 7.35. The van der Waals surface area contributed by atoms with Crippen LogP contribution >= 0.6 is 0 Å². The molecule has 0 spiro atoms. The smallest absolute Gasteiger partial charge is 0.357 e. The summed E-state index contributed by atoms with van der Waals surface area (Å²) in [4.78, 5) is 20.8. The van der Waals surface area contributed by atoms with Crippen LogP contribution in [0.2, 0.25) is 0 Å². The molecule has 30 heavy (non-hydrogen) atoms. The minimum absolute atomic E-state index is 0.123. The maximum atomic E-state index is 12.8. The van der Waals surface area contributed by atoms with Gasteiger partial charge in [0, 0.05) is 17.3 Å². The summed E-state index contributed by atoms with van der Waals surface area (Å²) >= 11 is 0. The third-order valence-corrected chi connectivity index (χ3v) is 5.23. The van der Waals surface area contributed by atoms with E-state index in [1.807, 2.05) is 50.2 Å². The lowest BCUT2D eigenvalue weighted by Crippen LogP contribution is -2.82. The molecule has 1 aromatic heterocycles. The summed E-state index contributed by atoms with van der Waals surface area (Å²) < 4.78 is 7.17. The molecule has 3 N–H and O–H groups in total. The average molecular weight is 404 g/mol. The molecule has 2 heterocycles. The zero-order valence-electron chi connectivity index (χ0n) is 17.6. The number of hydrogen-bond acceptors (Lipinski definition) is 5. The lowest BCUT2D eigenvalue weighted by atomic mass is 10.1. The topological polar surface area (TPSA) is 82.2 Å². The van der Waals surface area contributed by atoms with E-state index in [4.69, 9.17) is 4.74 Å². The number of benzene rings is 2. The van der Waals surface area contributed by atoms with Gasteiger partial charge in [0.1, 0.15) is 11.4 Å². The van der Waals surface area contributed by atoms with Crippen LogP contribution in [0.3, 0.4) is 0 Å². The van der Waals surface area contributed by atoms with E-state index in [0.717, 1.165) is 22.6 Å². The van der Waals surface area contributed by atoms with Gasteiger partial charge in [0.2, 0.25) is 0 Å². The molecule has 1 aliphatic rings. The Kier molecular flexibility index (Phi) is 5.27. The highest BCUT2D eigenvalue weighted by Crippen LogP contribution is 2.21. The van der Waals surface area contributed by atoms with Crippen molar-refractivity contribution in [1.82, 2.24) is 9.55 Å². The van der Waals surface area contributed by atoms with E-state index in [0.29, 0.717) is 24.2 Å². The van der Waals surface area contributed by atoms with Crippen molar-refractivity contribution in [3.8, 4) is 5.75 Å². The van der Waals surface area contributed by atoms with Gasteiger partial charge in [0.25, 0.3) is 11.5 Å². The summed E-state index contributed by atoms with van der Waals surface area (Å²) in [5.74, 6) is 1.95. The summed E-state index contributed by atoms with van der Waals surface area (Å²) in [5, 5.41) is 6.64. The normalized spacial score (nSPS) is 15.1. The Balaban J connectivity index is 1.77. The monoisotopic (exact) mass is 404 g/mol. The summed E-state index contributed by atoms with van der Waals surface area (Å²) in [6.07, 6.45) is -0.412. The van der Waals surface area contributed by atoms with Crippen LogP contribution in [0.25, 0.3) is 0 Å². The fourth-order valence-electron chi connectivity index (χ4n) is 3.53. The molecule has 0 saturated carbocycles. The molecule has 0 aliphatic carbocycles. The van der Waals surface area contributed by atoms with Crippen molar-refractivity contribution in [2.24, 2.45) is 0 Å². The highest BCUT2D eigenvalue weighted by Gasteiger charge is 2.29. The molecule has 7 heteroatoms. The van der Waals surface area contributed by atoms with Crippen LogP contribution in [-0.2, 0) is 0 Å². The minimum Gasteiger partial charge on any atom is -0.494 e. The molecule has 1 aliphatic heterocycles. The Labute approximate surface area is 175 Å². The van der Waals surface area contributed by atoms with Crippen LogP contribution in [0.4, 0.5) is 11.6 Å². The molecular formula is C23H26N5O2+. The van der Waals surface area contributed by atoms with Crippen LogP contribution in [0, 0.1) is 20.8 Å². The predicted octanol–water partition coefficient (Wildman–Crippen LogP) is 2.09. The maximum absolute atomic E-state index is 12.8. The van der Waals surface area contributed by atoms with Crippen molar-refractivity contribution in [1.29, 1.82) is 0 Å². The zero-order valence-corrected chi connectivity index (χ0v) is 17.6. The van der Waals surface area contributed by atoms with Gasteiger partial charge in [0.05, 0.1) is 6.61 Å². The number of aromatic nitrogens is 2. The SMILES string of the molecule is CCOc1ccc([C@H]2[NH+]=C(Nc3cccc(C)c3C)Nc3nc(C)cc(=O)n32)cc1. The van der Waals surface area contributed by atoms with Crippen molar-refractivity contribution >= 4 is 17.6 Å². The van der Waals surface area contributed by atoms with Gasteiger partial charge in [-0.3, -0.25) is 9.79 Å². The van der Waals surface area contributed by atoms with Crippen LogP contribution < -0.4 is 25.9 Å². The molecule has 0 radical (unpaired) electrons. The molecule has 0 bridgehead atoms. The van der Waals surface area contributed by atoms with Gasteiger partial charge in [0.15, 0.2) is 6.17 Å². The largest absolute Gasteiger partial charge is 0.494 e. The van der Waals surface area contributed by atoms with Gasteiger partial charge in [-0.25, -0.2) is 20.2 Å². The van der Waals surface area contributed by atoms with E-state index in [-0.39, 0.29) is 5.56 Å². The van der Waals surface area contributed by atoms with Crippen molar-refractivity contribution < 1.29 is 9.73 Å². The van der Waals surface area contributed by atoms with Crippen molar-refractivity contribution in [3.63, 3.8) is 0 Å². The number of nitrogens with zero attached hydrogens (tertiary/aromatic N) is 2. The van der Waals surface area contributed by atoms with E-state index in [9.17, 15) is 4.79 Å². The number of rotatable bonds is 4. The van der Waals surface area contributed by atoms with E-state index < -0.39 is 6.17 Å².